The van der Waals surface area contributed by atoms with Crippen LogP contribution in [0.15, 0.2) is 48.9 Å². The van der Waals surface area contributed by atoms with E-state index in [0.717, 1.165) is 37.2 Å². The van der Waals surface area contributed by atoms with Crippen LogP contribution in [0.5, 0.6) is 0 Å². The minimum atomic E-state index is 0.232. The van der Waals surface area contributed by atoms with Crippen molar-refractivity contribution in [3.8, 4) is 0 Å². The molecule has 6 heteroatoms. The lowest BCUT2D eigenvalue weighted by molar-refractivity contribution is -0.132. The van der Waals surface area contributed by atoms with Gasteiger partial charge in [-0.1, -0.05) is 6.07 Å². The smallest absolute Gasteiger partial charge is 0.223 e. The van der Waals surface area contributed by atoms with E-state index in [2.05, 4.69) is 16.0 Å². The second kappa shape index (κ2) is 8.50. The summed E-state index contributed by atoms with van der Waals surface area (Å²) in [5.74, 6) is 0.232. The Morgan fingerprint density at radius 1 is 1.30 bits per heavy atom. The molecule has 3 aromatic rings. The van der Waals surface area contributed by atoms with Crippen molar-refractivity contribution in [2.24, 2.45) is 0 Å². The first-order chi connectivity index (χ1) is 13.3. The summed E-state index contributed by atoms with van der Waals surface area (Å²) in [6.45, 7) is 2.71. The lowest BCUT2D eigenvalue weighted by atomic mass is 10.1. The fourth-order valence-corrected chi connectivity index (χ4v) is 4.46. The molecule has 3 aromatic heterocycles. The van der Waals surface area contributed by atoms with Gasteiger partial charge in [-0.3, -0.25) is 9.78 Å². The van der Waals surface area contributed by atoms with Gasteiger partial charge in [-0.15, -0.1) is 11.3 Å². The van der Waals surface area contributed by atoms with Gasteiger partial charge in [0.25, 0.3) is 0 Å². The van der Waals surface area contributed by atoms with E-state index >= 15 is 0 Å². The van der Waals surface area contributed by atoms with E-state index in [4.69, 9.17) is 4.74 Å². The van der Waals surface area contributed by atoms with Crippen molar-refractivity contribution < 1.29 is 9.53 Å². The van der Waals surface area contributed by atoms with E-state index in [1.807, 2.05) is 52.9 Å². The quantitative estimate of drug-likeness (QED) is 0.679. The Bertz CT molecular complexity index is 874. The number of aryl methyl sites for hydroxylation is 1. The number of hydrogen-bond acceptors (Lipinski definition) is 4. The van der Waals surface area contributed by atoms with Crippen LogP contribution in [0.4, 0.5) is 0 Å². The monoisotopic (exact) mass is 381 g/mol. The molecule has 140 valence electrons. The highest BCUT2D eigenvalue weighted by atomic mass is 32.1. The highest BCUT2D eigenvalue weighted by molar-refractivity contribution is 7.12. The van der Waals surface area contributed by atoms with E-state index in [0.29, 0.717) is 19.6 Å². The SMILES string of the molecule is O=C(CCc1ccc[nH]1)N1CCc2sc(COCc3cccnc3)cc2C1. The van der Waals surface area contributed by atoms with Crippen molar-refractivity contribution in [1.82, 2.24) is 14.9 Å². The van der Waals surface area contributed by atoms with Gasteiger partial charge in [0.05, 0.1) is 13.2 Å². The van der Waals surface area contributed by atoms with Gasteiger partial charge in [-0.25, -0.2) is 0 Å². The number of aromatic nitrogens is 2. The Morgan fingerprint density at radius 3 is 3.07 bits per heavy atom. The van der Waals surface area contributed by atoms with Crippen LogP contribution in [0, 0.1) is 0 Å². The number of ether oxygens (including phenoxy) is 1. The van der Waals surface area contributed by atoms with Crippen LogP contribution >= 0.6 is 11.3 Å². The standard InChI is InChI=1S/C21H23N3O2S/c25-21(6-5-18-4-2-9-23-18)24-10-7-20-17(13-24)11-19(27-20)15-26-14-16-3-1-8-22-12-16/h1-4,8-9,11-12,23H,5-7,10,13-15H2. The maximum absolute atomic E-state index is 12.5. The average molecular weight is 382 g/mol. The van der Waals surface area contributed by atoms with E-state index in [1.165, 1.54) is 15.3 Å². The van der Waals surface area contributed by atoms with Crippen molar-refractivity contribution in [1.29, 1.82) is 0 Å². The topological polar surface area (TPSA) is 58.2 Å². The fraction of sp³-hybridized carbons (Fsp3) is 0.333. The molecule has 1 amide bonds. The van der Waals surface area contributed by atoms with Crippen LogP contribution in [0.3, 0.4) is 0 Å². The molecule has 0 atom stereocenters. The van der Waals surface area contributed by atoms with Gasteiger partial charge < -0.3 is 14.6 Å². The van der Waals surface area contributed by atoms with Gasteiger partial charge in [-0.05, 0) is 48.2 Å². The highest BCUT2D eigenvalue weighted by Gasteiger charge is 2.22. The molecule has 0 saturated heterocycles. The van der Waals surface area contributed by atoms with Crippen LogP contribution in [0.1, 0.15) is 33.0 Å². The summed E-state index contributed by atoms with van der Waals surface area (Å²) >= 11 is 1.81. The van der Waals surface area contributed by atoms with Gasteiger partial charge in [-0.2, -0.15) is 0 Å². The number of carbonyl (C=O) groups is 1. The molecule has 0 bridgehead atoms. The minimum Gasteiger partial charge on any atom is -0.371 e. The molecule has 5 nitrogen and oxygen atoms in total. The van der Waals surface area contributed by atoms with Crippen LogP contribution in [-0.4, -0.2) is 27.3 Å². The summed E-state index contributed by atoms with van der Waals surface area (Å²) in [5, 5.41) is 0. The Kier molecular flexibility index (Phi) is 5.65. The number of fused-ring (bicyclic) bond motifs is 1. The molecule has 0 aromatic carbocycles. The van der Waals surface area contributed by atoms with E-state index in [-0.39, 0.29) is 5.91 Å². The zero-order chi connectivity index (χ0) is 18.5. The van der Waals surface area contributed by atoms with Gasteiger partial charge in [0.2, 0.25) is 5.91 Å². The molecule has 0 saturated carbocycles. The van der Waals surface area contributed by atoms with Gasteiger partial charge in [0, 0.05) is 53.5 Å². The second-order valence-corrected chi connectivity index (χ2v) is 8.00. The molecule has 0 aliphatic carbocycles. The number of aromatic amines is 1. The summed E-state index contributed by atoms with van der Waals surface area (Å²) in [6, 6.07) is 10.1. The summed E-state index contributed by atoms with van der Waals surface area (Å²) < 4.78 is 5.82. The van der Waals surface area contributed by atoms with Crippen molar-refractivity contribution in [2.45, 2.75) is 39.0 Å². The van der Waals surface area contributed by atoms with Crippen molar-refractivity contribution in [3.63, 3.8) is 0 Å². The number of thiophene rings is 1. The summed E-state index contributed by atoms with van der Waals surface area (Å²) in [6.07, 6.45) is 7.76. The Labute approximate surface area is 163 Å². The molecular weight excluding hydrogens is 358 g/mol. The van der Waals surface area contributed by atoms with Crippen LogP contribution < -0.4 is 0 Å². The summed E-state index contributed by atoms with van der Waals surface area (Å²) in [4.78, 5) is 24.4. The number of pyridine rings is 1. The normalized spacial score (nSPS) is 13.6. The predicted molar refractivity (Wildman–Crippen MR) is 105 cm³/mol. The number of hydrogen-bond donors (Lipinski definition) is 1. The summed E-state index contributed by atoms with van der Waals surface area (Å²) in [7, 11) is 0. The van der Waals surface area contributed by atoms with Crippen molar-refractivity contribution in [3.05, 3.63) is 75.5 Å². The highest BCUT2D eigenvalue weighted by Crippen LogP contribution is 2.29. The molecule has 1 aliphatic rings. The third kappa shape index (κ3) is 4.64. The average Bonchev–Trinajstić information content (AvgIpc) is 3.35. The van der Waals surface area contributed by atoms with E-state index < -0.39 is 0 Å². The third-order valence-electron chi connectivity index (χ3n) is 4.78. The predicted octanol–water partition coefficient (Wildman–Crippen LogP) is 3.71. The summed E-state index contributed by atoms with van der Waals surface area (Å²) in [5.41, 5.74) is 3.47. The van der Waals surface area contributed by atoms with Crippen LogP contribution in [-0.2, 0) is 42.1 Å². The van der Waals surface area contributed by atoms with Crippen molar-refractivity contribution in [2.75, 3.05) is 6.54 Å². The van der Waals surface area contributed by atoms with Crippen LogP contribution in [0.2, 0.25) is 0 Å². The van der Waals surface area contributed by atoms with E-state index in [1.54, 1.807) is 6.20 Å². The lowest BCUT2D eigenvalue weighted by Crippen LogP contribution is -2.35. The number of H-pyrrole nitrogens is 1. The molecule has 0 fully saturated rings. The zero-order valence-corrected chi connectivity index (χ0v) is 16.0. The molecule has 0 radical (unpaired) electrons. The van der Waals surface area contributed by atoms with Crippen molar-refractivity contribution >= 4 is 17.2 Å². The Morgan fingerprint density at radius 2 is 2.26 bits per heavy atom. The lowest BCUT2D eigenvalue weighted by Gasteiger charge is -2.27. The first-order valence-electron chi connectivity index (χ1n) is 9.25. The van der Waals surface area contributed by atoms with E-state index in [9.17, 15) is 4.79 Å². The van der Waals surface area contributed by atoms with Gasteiger partial charge >= 0.3 is 0 Å². The zero-order valence-electron chi connectivity index (χ0n) is 15.2. The maximum atomic E-state index is 12.5. The largest absolute Gasteiger partial charge is 0.371 e. The first-order valence-corrected chi connectivity index (χ1v) is 10.1. The molecule has 4 rings (SSSR count). The molecule has 4 heterocycles. The van der Waals surface area contributed by atoms with Crippen LogP contribution in [0.25, 0.3) is 0 Å². The number of carbonyl (C=O) groups excluding carboxylic acids is 1. The van der Waals surface area contributed by atoms with Gasteiger partial charge in [0.1, 0.15) is 0 Å². The fourth-order valence-electron chi connectivity index (χ4n) is 3.35. The second-order valence-electron chi connectivity index (χ2n) is 6.78. The molecule has 1 aliphatic heterocycles. The number of rotatable bonds is 7. The number of amides is 1. The number of nitrogens with one attached hydrogen (secondary N) is 1. The molecule has 0 spiro atoms. The number of nitrogens with zero attached hydrogens (tertiary/aromatic N) is 2. The molecular formula is C21H23N3O2S. The molecule has 27 heavy (non-hydrogen) atoms. The molecule has 0 unspecified atom stereocenters. The molecule has 1 N–H and O–H groups in total. The Hall–Kier alpha value is -2.44. The minimum absolute atomic E-state index is 0.232. The Balaban J connectivity index is 1.28. The first kappa shape index (κ1) is 17.9. The maximum Gasteiger partial charge on any atom is 0.223 e. The third-order valence-corrected chi connectivity index (χ3v) is 5.99. The van der Waals surface area contributed by atoms with Gasteiger partial charge in [0.15, 0.2) is 0 Å².